The lowest BCUT2D eigenvalue weighted by atomic mass is 9.77. The number of carbonyl (C=O) groups excluding carboxylic acids is 3. The van der Waals surface area contributed by atoms with Gasteiger partial charge >= 0.3 is 6.03 Å². The van der Waals surface area contributed by atoms with Crippen molar-refractivity contribution in [2.75, 3.05) is 20.2 Å². The monoisotopic (exact) mass is 545 g/mol. The number of rotatable bonds is 14. The van der Waals surface area contributed by atoms with Crippen LogP contribution in [0.5, 0.6) is 5.75 Å². The van der Waals surface area contributed by atoms with Gasteiger partial charge in [0.2, 0.25) is 15.9 Å². The van der Waals surface area contributed by atoms with Crippen molar-refractivity contribution in [2.24, 2.45) is 5.73 Å². The van der Waals surface area contributed by atoms with E-state index >= 15 is 0 Å². The van der Waals surface area contributed by atoms with Crippen LogP contribution in [0.25, 0.3) is 0 Å². The molecule has 0 spiro atoms. The van der Waals surface area contributed by atoms with Crippen LogP contribution in [0.1, 0.15) is 63.9 Å². The van der Waals surface area contributed by atoms with Crippen molar-refractivity contribution in [3.63, 3.8) is 0 Å². The zero-order valence-corrected chi connectivity index (χ0v) is 23.0. The van der Waals surface area contributed by atoms with Gasteiger partial charge in [0.15, 0.2) is 5.81 Å². The Morgan fingerprint density at radius 3 is 2.55 bits per heavy atom. The molecular formula is C26H38BN4O6S. The lowest BCUT2D eigenvalue weighted by Crippen LogP contribution is -2.49. The van der Waals surface area contributed by atoms with Crippen LogP contribution in [0.3, 0.4) is 0 Å². The van der Waals surface area contributed by atoms with Gasteiger partial charge < -0.3 is 20.3 Å². The maximum absolute atomic E-state index is 13.3. The topological polar surface area (TPSA) is 139 Å². The Labute approximate surface area is 226 Å². The van der Waals surface area contributed by atoms with E-state index < -0.39 is 32.5 Å². The first-order valence-electron chi connectivity index (χ1n) is 13.1. The van der Waals surface area contributed by atoms with E-state index in [1.807, 2.05) is 30.3 Å². The van der Waals surface area contributed by atoms with Crippen LogP contribution < -0.4 is 15.2 Å². The molecule has 1 aromatic rings. The fraction of sp³-hybridized carbons (Fsp3) is 0.577. The van der Waals surface area contributed by atoms with Gasteiger partial charge in [0.25, 0.3) is 7.28 Å². The Bertz CT molecular complexity index is 1120. The second-order valence-electron chi connectivity index (χ2n) is 10.2. The molecule has 38 heavy (non-hydrogen) atoms. The SMILES string of the molecule is COc1ccc(CN(CCCCC/C=C\[B]C(=O)NS(=O)(=O)C2(C)CC2)C(=O)N2CCC[C@H]2C(N)=O)cc1. The molecule has 3 N–H and O–H groups in total. The largest absolute Gasteiger partial charge is 0.497 e. The predicted octanol–water partition coefficient (Wildman–Crippen LogP) is 2.94. The highest BCUT2D eigenvalue weighted by Crippen LogP contribution is 2.42. The lowest BCUT2D eigenvalue weighted by molar-refractivity contribution is -0.121. The highest BCUT2D eigenvalue weighted by molar-refractivity contribution is 7.91. The number of carbonyl (C=O) groups is 3. The minimum absolute atomic E-state index is 0.183. The Morgan fingerprint density at radius 1 is 1.21 bits per heavy atom. The van der Waals surface area contributed by atoms with Crippen molar-refractivity contribution in [3.8, 4) is 5.75 Å². The van der Waals surface area contributed by atoms with Crippen molar-refractivity contribution in [2.45, 2.75) is 75.6 Å². The maximum atomic E-state index is 13.3. The average molecular weight is 545 g/mol. The maximum Gasteiger partial charge on any atom is 0.320 e. The number of primary amides is 1. The summed E-state index contributed by atoms with van der Waals surface area (Å²) >= 11 is 0. The van der Waals surface area contributed by atoms with Gasteiger partial charge in [-0.1, -0.05) is 24.6 Å². The number of allylic oxidation sites excluding steroid dienone is 1. The summed E-state index contributed by atoms with van der Waals surface area (Å²) in [6, 6.07) is 6.79. The summed E-state index contributed by atoms with van der Waals surface area (Å²) in [6.07, 6.45) is 7.49. The van der Waals surface area contributed by atoms with E-state index in [-0.39, 0.29) is 6.03 Å². The number of hydrogen-bond acceptors (Lipinski definition) is 6. The van der Waals surface area contributed by atoms with Gasteiger partial charge in [-0.3, -0.25) is 14.3 Å². The third-order valence-corrected chi connectivity index (χ3v) is 9.33. The van der Waals surface area contributed by atoms with Gasteiger partial charge in [-0.2, -0.15) is 0 Å². The molecule has 0 unspecified atom stereocenters. The van der Waals surface area contributed by atoms with E-state index in [9.17, 15) is 22.8 Å². The van der Waals surface area contributed by atoms with Crippen LogP contribution >= 0.6 is 0 Å². The Kier molecular flexibility index (Phi) is 10.2. The number of nitrogens with one attached hydrogen (secondary N) is 1. The molecule has 0 bridgehead atoms. The van der Waals surface area contributed by atoms with E-state index in [0.717, 1.165) is 43.4 Å². The summed E-state index contributed by atoms with van der Waals surface area (Å²) in [5, 5.41) is 0. The summed E-state index contributed by atoms with van der Waals surface area (Å²) in [5.74, 6) is 1.19. The number of nitrogens with zero attached hydrogens (tertiary/aromatic N) is 2. The Hall–Kier alpha value is -3.02. The highest BCUT2D eigenvalue weighted by Gasteiger charge is 2.50. The molecule has 207 valence electrons. The summed E-state index contributed by atoms with van der Waals surface area (Å²) in [6.45, 7) is 3.09. The standard InChI is InChI=1S/C26H38BN4O6S/c1-26(14-15-26)38(35,36)29-24(33)27-16-6-4-3-5-7-17-30(19-20-10-12-21(37-2)13-11-20)25(34)31-18-8-9-22(31)23(28)32/h6,10-13,16,22H,3-5,7-9,14-15,17-19H2,1-2H3,(H2,28,32)(H,29,33)/b16-6-/t22-/m0/s1. The van der Waals surface area contributed by atoms with Gasteiger partial charge in [0.1, 0.15) is 11.8 Å². The first-order chi connectivity index (χ1) is 18.1. The first kappa shape index (κ1) is 29.5. The predicted molar refractivity (Wildman–Crippen MR) is 146 cm³/mol. The number of nitrogens with two attached hydrogens (primary N) is 1. The van der Waals surface area contributed by atoms with Gasteiger partial charge in [0, 0.05) is 19.6 Å². The average Bonchev–Trinajstić information content (AvgIpc) is 3.45. The number of amides is 4. The van der Waals surface area contributed by atoms with Crippen molar-refractivity contribution in [1.29, 1.82) is 0 Å². The molecule has 1 atom stereocenters. The zero-order chi connectivity index (χ0) is 27.8. The lowest BCUT2D eigenvalue weighted by Gasteiger charge is -2.31. The number of urea groups is 1. The minimum atomic E-state index is -3.63. The molecule has 1 aromatic carbocycles. The van der Waals surface area contributed by atoms with Gasteiger partial charge in [-0.05, 0) is 69.6 Å². The normalized spacial score (nSPS) is 18.3. The minimum Gasteiger partial charge on any atom is -0.497 e. The molecule has 2 aliphatic rings. The molecular weight excluding hydrogens is 507 g/mol. The molecule has 1 saturated heterocycles. The number of methoxy groups -OCH3 is 1. The van der Waals surface area contributed by atoms with Gasteiger partial charge in [0.05, 0.1) is 11.9 Å². The number of unbranched alkanes of at least 4 members (excludes halogenated alkanes) is 3. The Morgan fingerprint density at radius 2 is 1.92 bits per heavy atom. The quantitative estimate of drug-likeness (QED) is 0.272. The number of hydrogen-bond donors (Lipinski definition) is 2. The molecule has 1 saturated carbocycles. The molecule has 0 aromatic heterocycles. The van der Waals surface area contributed by atoms with Crippen LogP contribution in [0.2, 0.25) is 0 Å². The van der Waals surface area contributed by atoms with Crippen molar-refractivity contribution in [1.82, 2.24) is 14.5 Å². The molecule has 1 aliphatic carbocycles. The Balaban J connectivity index is 1.45. The molecule has 1 heterocycles. The number of sulfonamides is 1. The molecule has 3 rings (SSSR count). The second-order valence-corrected chi connectivity index (χ2v) is 12.4. The van der Waals surface area contributed by atoms with Crippen LogP contribution in [0, 0.1) is 0 Å². The number of ether oxygens (including phenoxy) is 1. The van der Waals surface area contributed by atoms with E-state index in [2.05, 4.69) is 4.72 Å². The van der Waals surface area contributed by atoms with Gasteiger partial charge in [-0.25, -0.2) is 13.2 Å². The molecule has 1 radical (unpaired) electrons. The summed E-state index contributed by atoms with van der Waals surface area (Å²) in [5.41, 5.74) is 6.49. The van der Waals surface area contributed by atoms with E-state index in [1.54, 1.807) is 29.8 Å². The third kappa shape index (κ3) is 7.99. The smallest absolute Gasteiger partial charge is 0.320 e. The fourth-order valence-corrected chi connectivity index (χ4v) is 5.61. The first-order valence-corrected chi connectivity index (χ1v) is 14.6. The van der Waals surface area contributed by atoms with Crippen molar-refractivity contribution < 1.29 is 27.5 Å². The van der Waals surface area contributed by atoms with Crippen LogP contribution in [-0.2, 0) is 21.4 Å². The van der Waals surface area contributed by atoms with E-state index in [4.69, 9.17) is 10.5 Å². The van der Waals surface area contributed by atoms with Crippen LogP contribution in [0.4, 0.5) is 9.59 Å². The summed E-state index contributed by atoms with van der Waals surface area (Å²) in [7, 11) is -0.802. The third-order valence-electron chi connectivity index (χ3n) is 7.15. The molecule has 1 aliphatic heterocycles. The van der Waals surface area contributed by atoms with Crippen molar-refractivity contribution in [3.05, 3.63) is 41.9 Å². The van der Waals surface area contributed by atoms with Crippen LogP contribution in [0.15, 0.2) is 36.3 Å². The number of likely N-dealkylation sites (tertiary alicyclic amines) is 1. The fourth-order valence-electron chi connectivity index (χ4n) is 4.39. The van der Waals surface area contributed by atoms with Gasteiger partial charge in [-0.15, -0.1) is 5.98 Å². The second kappa shape index (κ2) is 13.2. The summed E-state index contributed by atoms with van der Waals surface area (Å²) in [4.78, 5) is 40.4. The highest BCUT2D eigenvalue weighted by atomic mass is 32.2. The molecule has 2 fully saturated rings. The molecule has 12 heteroatoms. The summed E-state index contributed by atoms with van der Waals surface area (Å²) < 4.78 is 30.7. The number of benzene rings is 1. The van der Waals surface area contributed by atoms with E-state index in [1.165, 1.54) is 7.28 Å². The molecule has 10 nitrogen and oxygen atoms in total. The van der Waals surface area contributed by atoms with Crippen LogP contribution in [-0.4, -0.2) is 74.2 Å². The zero-order valence-electron chi connectivity index (χ0n) is 22.2. The van der Waals surface area contributed by atoms with E-state index in [0.29, 0.717) is 38.9 Å². The van der Waals surface area contributed by atoms with Crippen molar-refractivity contribution >= 4 is 35.0 Å². The molecule has 4 amide bonds.